The molecule has 0 saturated carbocycles. The van der Waals surface area contributed by atoms with Crippen LogP contribution in [0.1, 0.15) is 12.0 Å². The molecule has 2 aromatic heterocycles. The SMILES string of the molecule is c1cc2c(c(-c3nnc4ccncn34)c1)CCCN2. The summed E-state index contributed by atoms with van der Waals surface area (Å²) in [4.78, 5) is 4.15. The highest BCUT2D eigenvalue weighted by molar-refractivity contribution is 5.72. The second-order valence-electron chi connectivity index (χ2n) is 4.69. The predicted octanol–water partition coefficient (Wildman–Crippen LogP) is 2.15. The van der Waals surface area contributed by atoms with E-state index in [1.807, 2.05) is 10.5 Å². The van der Waals surface area contributed by atoms with Gasteiger partial charge in [-0.2, -0.15) is 0 Å². The molecule has 1 aliphatic rings. The molecule has 3 heterocycles. The van der Waals surface area contributed by atoms with Gasteiger partial charge in [-0.05, 0) is 24.5 Å². The fourth-order valence-electron chi connectivity index (χ4n) is 2.65. The molecule has 3 aromatic rings. The van der Waals surface area contributed by atoms with Crippen molar-refractivity contribution in [3.63, 3.8) is 0 Å². The van der Waals surface area contributed by atoms with Gasteiger partial charge in [-0.15, -0.1) is 10.2 Å². The van der Waals surface area contributed by atoms with Gasteiger partial charge in [0, 0.05) is 30.1 Å². The monoisotopic (exact) mass is 251 g/mol. The highest BCUT2D eigenvalue weighted by atomic mass is 15.3. The van der Waals surface area contributed by atoms with E-state index in [0.29, 0.717) is 0 Å². The largest absolute Gasteiger partial charge is 0.385 e. The Bertz CT molecular complexity index is 746. The third-order valence-electron chi connectivity index (χ3n) is 3.55. The van der Waals surface area contributed by atoms with Crippen LogP contribution in [0.3, 0.4) is 0 Å². The highest BCUT2D eigenvalue weighted by Crippen LogP contribution is 2.31. The molecule has 0 aliphatic carbocycles. The van der Waals surface area contributed by atoms with Crippen LogP contribution in [0, 0.1) is 0 Å². The fraction of sp³-hybridized carbons (Fsp3) is 0.214. The average Bonchev–Trinajstić information content (AvgIpc) is 2.90. The van der Waals surface area contributed by atoms with E-state index in [1.54, 1.807) is 12.5 Å². The zero-order valence-electron chi connectivity index (χ0n) is 10.4. The summed E-state index contributed by atoms with van der Waals surface area (Å²) in [6.07, 6.45) is 5.73. The molecule has 1 N–H and O–H groups in total. The molecular formula is C14H13N5. The maximum atomic E-state index is 4.32. The van der Waals surface area contributed by atoms with Crippen LogP contribution in [0.4, 0.5) is 5.69 Å². The minimum absolute atomic E-state index is 0.825. The first-order valence-corrected chi connectivity index (χ1v) is 6.44. The number of hydrogen-bond donors (Lipinski definition) is 1. The van der Waals surface area contributed by atoms with Crippen LogP contribution in [-0.4, -0.2) is 26.1 Å². The van der Waals surface area contributed by atoms with Crippen LogP contribution in [0.15, 0.2) is 36.8 Å². The Morgan fingerprint density at radius 2 is 2.16 bits per heavy atom. The Hall–Kier alpha value is -2.43. The van der Waals surface area contributed by atoms with Gasteiger partial charge in [-0.25, -0.2) is 4.98 Å². The van der Waals surface area contributed by atoms with Crippen LogP contribution in [0.2, 0.25) is 0 Å². The molecule has 0 bridgehead atoms. The van der Waals surface area contributed by atoms with Gasteiger partial charge < -0.3 is 5.32 Å². The maximum absolute atomic E-state index is 4.32. The summed E-state index contributed by atoms with van der Waals surface area (Å²) in [7, 11) is 0. The lowest BCUT2D eigenvalue weighted by molar-refractivity contribution is 0.830. The van der Waals surface area contributed by atoms with E-state index >= 15 is 0 Å². The molecule has 5 heteroatoms. The Balaban J connectivity index is 1.97. The molecule has 0 unspecified atom stereocenters. The number of anilines is 1. The summed E-state index contributed by atoms with van der Waals surface area (Å²) in [5, 5.41) is 12.0. The standard InChI is InChI=1S/C14H13N5/c1-3-11(10-4-2-7-16-12(10)5-1)14-18-17-13-6-8-15-9-19(13)14/h1,3,5-6,8-9,16H,2,4,7H2. The van der Waals surface area contributed by atoms with Gasteiger partial charge in [-0.1, -0.05) is 12.1 Å². The van der Waals surface area contributed by atoms with Gasteiger partial charge in [0.1, 0.15) is 6.33 Å². The maximum Gasteiger partial charge on any atom is 0.169 e. The first-order valence-electron chi connectivity index (χ1n) is 6.44. The first kappa shape index (κ1) is 10.5. The number of hydrogen-bond acceptors (Lipinski definition) is 4. The Morgan fingerprint density at radius 3 is 3.16 bits per heavy atom. The number of nitrogens with zero attached hydrogens (tertiary/aromatic N) is 4. The van der Waals surface area contributed by atoms with Crippen molar-refractivity contribution in [1.29, 1.82) is 0 Å². The molecule has 0 saturated heterocycles. The van der Waals surface area contributed by atoms with Crippen LogP contribution in [-0.2, 0) is 6.42 Å². The topological polar surface area (TPSA) is 55.1 Å². The number of nitrogens with one attached hydrogen (secondary N) is 1. The van der Waals surface area contributed by atoms with Gasteiger partial charge in [0.25, 0.3) is 0 Å². The third-order valence-corrected chi connectivity index (χ3v) is 3.55. The summed E-state index contributed by atoms with van der Waals surface area (Å²) in [6.45, 7) is 1.04. The molecule has 0 atom stereocenters. The first-order chi connectivity index (χ1) is 9.43. The van der Waals surface area contributed by atoms with Gasteiger partial charge in [0.05, 0.1) is 0 Å². The lowest BCUT2D eigenvalue weighted by atomic mass is 9.97. The molecule has 1 aromatic carbocycles. The highest BCUT2D eigenvalue weighted by Gasteiger charge is 2.17. The van der Waals surface area contributed by atoms with Crippen molar-refractivity contribution in [1.82, 2.24) is 19.6 Å². The van der Waals surface area contributed by atoms with E-state index in [0.717, 1.165) is 36.4 Å². The number of fused-ring (bicyclic) bond motifs is 2. The van der Waals surface area contributed by atoms with Crippen LogP contribution < -0.4 is 5.32 Å². The average molecular weight is 251 g/mol. The van der Waals surface area contributed by atoms with Crippen LogP contribution in [0.5, 0.6) is 0 Å². The van der Waals surface area contributed by atoms with Gasteiger partial charge >= 0.3 is 0 Å². The molecular weight excluding hydrogens is 238 g/mol. The minimum atomic E-state index is 0.825. The third kappa shape index (κ3) is 1.58. The van der Waals surface area contributed by atoms with E-state index in [9.17, 15) is 0 Å². The predicted molar refractivity (Wildman–Crippen MR) is 73.0 cm³/mol. The van der Waals surface area contributed by atoms with Crippen molar-refractivity contribution >= 4 is 11.3 Å². The van der Waals surface area contributed by atoms with Crippen molar-refractivity contribution in [3.05, 3.63) is 42.4 Å². The van der Waals surface area contributed by atoms with E-state index < -0.39 is 0 Å². The van der Waals surface area contributed by atoms with Crippen LogP contribution in [0.25, 0.3) is 17.0 Å². The van der Waals surface area contributed by atoms with Crippen molar-refractivity contribution in [2.24, 2.45) is 0 Å². The Kier molecular flexibility index (Phi) is 2.24. The van der Waals surface area contributed by atoms with Crippen molar-refractivity contribution < 1.29 is 0 Å². The molecule has 0 spiro atoms. The quantitative estimate of drug-likeness (QED) is 0.720. The zero-order chi connectivity index (χ0) is 12.7. The Morgan fingerprint density at radius 1 is 1.16 bits per heavy atom. The number of rotatable bonds is 1. The lowest BCUT2D eigenvalue weighted by Gasteiger charge is -2.20. The summed E-state index contributed by atoms with van der Waals surface area (Å²) >= 11 is 0. The number of benzene rings is 1. The van der Waals surface area contributed by atoms with Crippen molar-refractivity contribution in [2.75, 3.05) is 11.9 Å². The smallest absolute Gasteiger partial charge is 0.169 e. The fourth-order valence-corrected chi connectivity index (χ4v) is 2.65. The van der Waals surface area contributed by atoms with Gasteiger partial charge in [-0.3, -0.25) is 4.40 Å². The van der Waals surface area contributed by atoms with Gasteiger partial charge in [0.2, 0.25) is 0 Å². The van der Waals surface area contributed by atoms with E-state index in [-0.39, 0.29) is 0 Å². The molecule has 0 radical (unpaired) electrons. The molecule has 5 nitrogen and oxygen atoms in total. The zero-order valence-corrected chi connectivity index (χ0v) is 10.4. The van der Waals surface area contributed by atoms with E-state index in [4.69, 9.17) is 0 Å². The lowest BCUT2D eigenvalue weighted by Crippen LogP contribution is -2.12. The minimum Gasteiger partial charge on any atom is -0.385 e. The molecule has 0 fully saturated rings. The van der Waals surface area contributed by atoms with Crippen molar-refractivity contribution in [3.8, 4) is 11.4 Å². The summed E-state index contributed by atoms with van der Waals surface area (Å²) in [6, 6.07) is 8.16. The summed E-state index contributed by atoms with van der Waals surface area (Å²) in [5.74, 6) is 0.864. The molecule has 19 heavy (non-hydrogen) atoms. The second-order valence-corrected chi connectivity index (χ2v) is 4.69. The summed E-state index contributed by atoms with van der Waals surface area (Å²) in [5.41, 5.74) is 4.51. The van der Waals surface area contributed by atoms with Gasteiger partial charge in [0.15, 0.2) is 11.5 Å². The van der Waals surface area contributed by atoms with Crippen LogP contribution >= 0.6 is 0 Å². The normalized spacial score (nSPS) is 14.1. The molecule has 4 rings (SSSR count). The van der Waals surface area contributed by atoms with E-state index in [1.165, 1.54) is 11.3 Å². The molecule has 0 amide bonds. The van der Waals surface area contributed by atoms with E-state index in [2.05, 4.69) is 38.7 Å². The Labute approximate surface area is 110 Å². The molecule has 94 valence electrons. The van der Waals surface area contributed by atoms with Crippen molar-refractivity contribution in [2.45, 2.75) is 12.8 Å². The molecule has 1 aliphatic heterocycles. The second kappa shape index (κ2) is 4.05. The summed E-state index contributed by atoms with van der Waals surface area (Å²) < 4.78 is 1.93. The number of aromatic nitrogens is 4.